The van der Waals surface area contributed by atoms with E-state index in [-0.39, 0.29) is 0 Å². The van der Waals surface area contributed by atoms with Crippen LogP contribution in [0.2, 0.25) is 0 Å². The van der Waals surface area contributed by atoms with Crippen molar-refractivity contribution in [2.24, 2.45) is 5.92 Å². The minimum absolute atomic E-state index is 0.482. The first kappa shape index (κ1) is 14.8. The van der Waals surface area contributed by atoms with Gasteiger partial charge in [0.1, 0.15) is 5.75 Å². The first-order valence-electron chi connectivity index (χ1n) is 6.80. The Hall–Kier alpha value is -0.580. The summed E-state index contributed by atoms with van der Waals surface area (Å²) in [6.07, 6.45) is 3.36. The van der Waals surface area contributed by atoms with Crippen LogP contribution in [0.4, 0.5) is 0 Å². The molecule has 0 saturated carbocycles. The maximum absolute atomic E-state index is 5.46. The van der Waals surface area contributed by atoms with Crippen molar-refractivity contribution in [1.82, 2.24) is 5.32 Å². The van der Waals surface area contributed by atoms with Gasteiger partial charge in [-0.25, -0.2) is 0 Å². The van der Waals surface area contributed by atoms with E-state index in [0.29, 0.717) is 12.0 Å². The monoisotopic (exact) mass is 327 g/mol. The molecule has 2 rings (SSSR count). The fourth-order valence-corrected chi connectivity index (χ4v) is 2.98. The summed E-state index contributed by atoms with van der Waals surface area (Å²) in [5.74, 6) is 1.61. The summed E-state index contributed by atoms with van der Waals surface area (Å²) >= 11 is 3.62. The molecule has 19 heavy (non-hydrogen) atoms. The van der Waals surface area contributed by atoms with Crippen molar-refractivity contribution < 1.29 is 9.47 Å². The maximum Gasteiger partial charge on any atom is 0.119 e. The van der Waals surface area contributed by atoms with E-state index in [0.717, 1.165) is 29.9 Å². The summed E-state index contributed by atoms with van der Waals surface area (Å²) in [7, 11) is 3.74. The first-order chi connectivity index (χ1) is 9.22. The third-order valence-electron chi connectivity index (χ3n) is 3.77. The van der Waals surface area contributed by atoms with E-state index in [1.54, 1.807) is 7.11 Å². The number of methoxy groups -OCH3 is 1. The molecule has 1 fully saturated rings. The fourth-order valence-electron chi connectivity index (χ4n) is 2.57. The molecule has 1 aliphatic heterocycles. The van der Waals surface area contributed by atoms with Gasteiger partial charge in [0.15, 0.2) is 0 Å². The molecular weight excluding hydrogens is 306 g/mol. The van der Waals surface area contributed by atoms with Crippen LogP contribution in [0.1, 0.15) is 18.4 Å². The van der Waals surface area contributed by atoms with Gasteiger partial charge in [-0.1, -0.05) is 15.9 Å². The molecule has 0 amide bonds. The van der Waals surface area contributed by atoms with Gasteiger partial charge in [-0.05, 0) is 56.0 Å². The average molecular weight is 328 g/mol. The lowest BCUT2D eigenvalue weighted by molar-refractivity contribution is 0.181. The van der Waals surface area contributed by atoms with E-state index < -0.39 is 0 Å². The van der Waals surface area contributed by atoms with E-state index >= 15 is 0 Å². The van der Waals surface area contributed by atoms with Crippen LogP contribution in [0.3, 0.4) is 0 Å². The number of ether oxygens (including phenoxy) is 2. The van der Waals surface area contributed by atoms with E-state index in [9.17, 15) is 0 Å². The van der Waals surface area contributed by atoms with Gasteiger partial charge in [-0.2, -0.15) is 0 Å². The number of hydrogen-bond acceptors (Lipinski definition) is 3. The highest BCUT2D eigenvalue weighted by Gasteiger charge is 2.20. The number of hydrogen-bond donors (Lipinski definition) is 1. The zero-order chi connectivity index (χ0) is 13.7. The lowest BCUT2D eigenvalue weighted by atomic mass is 9.94. The van der Waals surface area contributed by atoms with E-state index in [1.165, 1.54) is 18.4 Å². The smallest absolute Gasteiger partial charge is 0.119 e. The highest BCUT2D eigenvalue weighted by Crippen LogP contribution is 2.26. The van der Waals surface area contributed by atoms with Gasteiger partial charge in [0.25, 0.3) is 0 Å². The third-order valence-corrected chi connectivity index (χ3v) is 4.54. The minimum atomic E-state index is 0.482. The fraction of sp³-hybridized carbons (Fsp3) is 0.600. The molecule has 1 N–H and O–H groups in total. The second-order valence-electron chi connectivity index (χ2n) is 5.11. The molecule has 2 atom stereocenters. The van der Waals surface area contributed by atoms with Gasteiger partial charge in [0.05, 0.1) is 7.11 Å². The summed E-state index contributed by atoms with van der Waals surface area (Å²) in [6, 6.07) is 6.63. The Labute approximate surface area is 123 Å². The molecule has 0 aromatic heterocycles. The SMILES string of the molecule is CNC(Cc1cc(OC)ccc1Br)CC1CCOC1. The molecule has 1 saturated heterocycles. The van der Waals surface area contributed by atoms with Crippen LogP contribution in [-0.2, 0) is 11.2 Å². The van der Waals surface area contributed by atoms with Crippen LogP contribution in [0.5, 0.6) is 5.75 Å². The van der Waals surface area contributed by atoms with E-state index in [1.807, 2.05) is 13.1 Å². The lowest BCUT2D eigenvalue weighted by Gasteiger charge is -2.20. The highest BCUT2D eigenvalue weighted by atomic mass is 79.9. The summed E-state index contributed by atoms with van der Waals surface area (Å²) in [5.41, 5.74) is 1.29. The predicted molar refractivity (Wildman–Crippen MR) is 80.8 cm³/mol. The largest absolute Gasteiger partial charge is 0.497 e. The number of nitrogens with one attached hydrogen (secondary N) is 1. The quantitative estimate of drug-likeness (QED) is 0.871. The van der Waals surface area contributed by atoms with Crippen LogP contribution < -0.4 is 10.1 Å². The van der Waals surface area contributed by atoms with Crippen molar-refractivity contribution in [2.75, 3.05) is 27.4 Å². The molecule has 1 aromatic rings. The molecular formula is C15H22BrNO2. The van der Waals surface area contributed by atoms with Crippen molar-refractivity contribution in [3.63, 3.8) is 0 Å². The Morgan fingerprint density at radius 1 is 1.53 bits per heavy atom. The van der Waals surface area contributed by atoms with E-state index in [4.69, 9.17) is 9.47 Å². The van der Waals surface area contributed by atoms with Gasteiger partial charge in [-0.3, -0.25) is 0 Å². The Kier molecular flexibility index (Phi) is 5.67. The molecule has 3 nitrogen and oxygen atoms in total. The van der Waals surface area contributed by atoms with Gasteiger partial charge in [0, 0.05) is 23.7 Å². The molecule has 0 spiro atoms. The number of halogens is 1. The first-order valence-corrected chi connectivity index (χ1v) is 7.59. The molecule has 1 aliphatic rings. The molecule has 106 valence electrons. The number of likely N-dealkylation sites (N-methyl/N-ethyl adjacent to an activating group) is 1. The molecule has 0 bridgehead atoms. The normalized spacial score (nSPS) is 20.5. The Bertz CT molecular complexity index is 405. The summed E-state index contributed by atoms with van der Waals surface area (Å²) < 4.78 is 11.9. The average Bonchev–Trinajstić information content (AvgIpc) is 2.93. The number of benzene rings is 1. The lowest BCUT2D eigenvalue weighted by Crippen LogP contribution is -2.30. The number of rotatable bonds is 6. The van der Waals surface area contributed by atoms with Crippen molar-refractivity contribution in [2.45, 2.75) is 25.3 Å². The van der Waals surface area contributed by atoms with E-state index in [2.05, 4.69) is 33.4 Å². The minimum Gasteiger partial charge on any atom is -0.497 e. The van der Waals surface area contributed by atoms with Crippen LogP contribution in [0.25, 0.3) is 0 Å². The van der Waals surface area contributed by atoms with Gasteiger partial charge in [0.2, 0.25) is 0 Å². The van der Waals surface area contributed by atoms with Gasteiger partial charge < -0.3 is 14.8 Å². The highest BCUT2D eigenvalue weighted by molar-refractivity contribution is 9.10. The molecule has 2 unspecified atom stereocenters. The standard InChI is InChI=1S/C15H22BrNO2/c1-17-13(7-11-5-6-19-10-11)8-12-9-14(18-2)3-4-15(12)16/h3-4,9,11,13,17H,5-8,10H2,1-2H3. The predicted octanol–water partition coefficient (Wildman–Crippen LogP) is 3.01. The second-order valence-corrected chi connectivity index (χ2v) is 5.97. The molecule has 0 aliphatic carbocycles. The topological polar surface area (TPSA) is 30.5 Å². The molecule has 4 heteroatoms. The molecule has 1 heterocycles. The Balaban J connectivity index is 2.00. The molecule has 0 radical (unpaired) electrons. The second kappa shape index (κ2) is 7.27. The summed E-state index contributed by atoms with van der Waals surface area (Å²) in [5, 5.41) is 3.42. The Morgan fingerprint density at radius 2 is 2.37 bits per heavy atom. The third kappa shape index (κ3) is 4.20. The van der Waals surface area contributed by atoms with Crippen LogP contribution in [0, 0.1) is 5.92 Å². The Morgan fingerprint density at radius 3 is 3.00 bits per heavy atom. The van der Waals surface area contributed by atoms with Crippen LogP contribution in [-0.4, -0.2) is 33.4 Å². The zero-order valence-electron chi connectivity index (χ0n) is 11.6. The van der Waals surface area contributed by atoms with Crippen molar-refractivity contribution in [1.29, 1.82) is 0 Å². The summed E-state index contributed by atoms with van der Waals surface area (Å²) in [4.78, 5) is 0. The van der Waals surface area contributed by atoms with Crippen LogP contribution in [0.15, 0.2) is 22.7 Å². The van der Waals surface area contributed by atoms with Gasteiger partial charge >= 0.3 is 0 Å². The van der Waals surface area contributed by atoms with Crippen LogP contribution >= 0.6 is 15.9 Å². The van der Waals surface area contributed by atoms with Crippen molar-refractivity contribution in [3.8, 4) is 5.75 Å². The van der Waals surface area contributed by atoms with Crippen molar-refractivity contribution >= 4 is 15.9 Å². The molecule has 1 aromatic carbocycles. The zero-order valence-corrected chi connectivity index (χ0v) is 13.2. The van der Waals surface area contributed by atoms with Gasteiger partial charge in [-0.15, -0.1) is 0 Å². The summed E-state index contributed by atoms with van der Waals surface area (Å²) in [6.45, 7) is 1.83. The van der Waals surface area contributed by atoms with Crippen molar-refractivity contribution in [3.05, 3.63) is 28.2 Å². The maximum atomic E-state index is 5.46.